The second-order valence-electron chi connectivity index (χ2n) is 5.92. The standard InChI is InChI=1S/C21H17N3O4/c25-14-20(27)24(17-4-3-11-22-12-17)13-15-7-9-16(10-8-15)21(28)23-18-5-1-2-6-19(18)26/h1-12,14,26H,13H2,(H,23,28). The Hall–Kier alpha value is -4.00. The smallest absolute Gasteiger partial charge is 0.291 e. The highest BCUT2D eigenvalue weighted by Crippen LogP contribution is 2.22. The van der Waals surface area contributed by atoms with Gasteiger partial charge in [0.15, 0.2) is 0 Å². The Morgan fingerprint density at radius 3 is 2.43 bits per heavy atom. The average Bonchev–Trinajstić information content (AvgIpc) is 2.74. The molecule has 1 heterocycles. The molecule has 2 N–H and O–H groups in total. The largest absolute Gasteiger partial charge is 0.506 e. The molecule has 0 bridgehead atoms. The van der Waals surface area contributed by atoms with Crippen molar-refractivity contribution in [1.82, 2.24) is 4.98 Å². The second kappa shape index (κ2) is 8.59. The van der Waals surface area contributed by atoms with Crippen LogP contribution in [0.1, 0.15) is 15.9 Å². The van der Waals surface area contributed by atoms with Crippen LogP contribution in [0.4, 0.5) is 11.4 Å². The maximum Gasteiger partial charge on any atom is 0.291 e. The molecule has 7 nitrogen and oxygen atoms in total. The first-order valence-corrected chi connectivity index (χ1v) is 8.43. The summed E-state index contributed by atoms with van der Waals surface area (Å²) in [5.41, 5.74) is 1.94. The van der Waals surface area contributed by atoms with E-state index in [1.165, 1.54) is 17.2 Å². The van der Waals surface area contributed by atoms with Gasteiger partial charge in [-0.2, -0.15) is 0 Å². The highest BCUT2D eigenvalue weighted by Gasteiger charge is 2.16. The van der Waals surface area contributed by atoms with E-state index in [1.807, 2.05) is 0 Å². The SMILES string of the molecule is O=CC(=O)N(Cc1ccc(C(=O)Nc2ccccc2O)cc1)c1cccnc1. The fourth-order valence-corrected chi connectivity index (χ4v) is 2.59. The molecule has 0 aliphatic rings. The van der Waals surface area contributed by atoms with Gasteiger partial charge in [-0.3, -0.25) is 19.4 Å². The Balaban J connectivity index is 1.74. The Morgan fingerprint density at radius 2 is 1.79 bits per heavy atom. The molecule has 3 aromatic rings. The molecule has 0 unspecified atom stereocenters. The van der Waals surface area contributed by atoms with Gasteiger partial charge in [-0.05, 0) is 42.0 Å². The summed E-state index contributed by atoms with van der Waals surface area (Å²) in [6.07, 6.45) is 3.32. The van der Waals surface area contributed by atoms with Gasteiger partial charge in [0.05, 0.1) is 24.1 Å². The fourth-order valence-electron chi connectivity index (χ4n) is 2.59. The van der Waals surface area contributed by atoms with Gasteiger partial charge in [0.2, 0.25) is 6.29 Å². The van der Waals surface area contributed by atoms with Crippen LogP contribution in [0.15, 0.2) is 73.1 Å². The van der Waals surface area contributed by atoms with E-state index in [0.29, 0.717) is 16.9 Å². The molecule has 0 radical (unpaired) electrons. The number of aromatic hydroxyl groups is 1. The molecule has 0 aliphatic carbocycles. The fraction of sp³-hybridized carbons (Fsp3) is 0.0476. The second-order valence-corrected chi connectivity index (χ2v) is 5.92. The number of amides is 2. The number of nitrogens with zero attached hydrogens (tertiary/aromatic N) is 2. The minimum atomic E-state index is -0.686. The van der Waals surface area contributed by atoms with E-state index in [0.717, 1.165) is 5.56 Å². The molecule has 2 amide bonds. The molecule has 2 aromatic carbocycles. The predicted molar refractivity (Wildman–Crippen MR) is 104 cm³/mol. The third-order valence-electron chi connectivity index (χ3n) is 4.03. The molecule has 0 saturated heterocycles. The van der Waals surface area contributed by atoms with Crippen molar-refractivity contribution in [3.8, 4) is 5.75 Å². The highest BCUT2D eigenvalue weighted by atomic mass is 16.3. The summed E-state index contributed by atoms with van der Waals surface area (Å²) < 4.78 is 0. The lowest BCUT2D eigenvalue weighted by molar-refractivity contribution is -0.129. The number of hydrogen-bond donors (Lipinski definition) is 2. The Labute approximate surface area is 161 Å². The Morgan fingerprint density at radius 1 is 1.04 bits per heavy atom. The van der Waals surface area contributed by atoms with Crippen LogP contribution in [0.5, 0.6) is 5.75 Å². The van der Waals surface area contributed by atoms with Crippen molar-refractivity contribution in [2.45, 2.75) is 6.54 Å². The van der Waals surface area contributed by atoms with E-state index < -0.39 is 5.91 Å². The van der Waals surface area contributed by atoms with Crippen molar-refractivity contribution in [2.24, 2.45) is 0 Å². The van der Waals surface area contributed by atoms with Gasteiger partial charge in [-0.25, -0.2) is 0 Å². The molecule has 0 aliphatic heterocycles. The summed E-state index contributed by atoms with van der Waals surface area (Å²) in [5.74, 6) is -1.08. The van der Waals surface area contributed by atoms with Crippen molar-refractivity contribution in [2.75, 3.05) is 10.2 Å². The zero-order valence-corrected chi connectivity index (χ0v) is 14.8. The lowest BCUT2D eigenvalue weighted by atomic mass is 10.1. The predicted octanol–water partition coefficient (Wildman–Crippen LogP) is 2.77. The number of hydrogen-bond acceptors (Lipinski definition) is 5. The van der Waals surface area contributed by atoms with E-state index in [1.54, 1.807) is 60.8 Å². The van der Waals surface area contributed by atoms with Crippen LogP contribution in [0.25, 0.3) is 0 Å². The van der Waals surface area contributed by atoms with Crippen LogP contribution >= 0.6 is 0 Å². The number of carbonyl (C=O) groups is 3. The number of anilines is 2. The minimum Gasteiger partial charge on any atom is -0.506 e. The summed E-state index contributed by atoms with van der Waals surface area (Å²) in [5, 5.41) is 12.4. The summed E-state index contributed by atoms with van der Waals surface area (Å²) in [4.78, 5) is 40.5. The maximum atomic E-state index is 12.3. The molecule has 0 atom stereocenters. The first-order valence-electron chi connectivity index (χ1n) is 8.43. The van der Waals surface area contributed by atoms with Gasteiger partial charge >= 0.3 is 0 Å². The van der Waals surface area contributed by atoms with Crippen LogP contribution in [0.3, 0.4) is 0 Å². The number of aromatic nitrogens is 1. The first-order chi connectivity index (χ1) is 13.6. The molecule has 7 heteroatoms. The molecule has 140 valence electrons. The molecule has 28 heavy (non-hydrogen) atoms. The van der Waals surface area contributed by atoms with Crippen molar-refractivity contribution in [3.63, 3.8) is 0 Å². The van der Waals surface area contributed by atoms with E-state index in [9.17, 15) is 19.5 Å². The summed E-state index contributed by atoms with van der Waals surface area (Å²) in [6.45, 7) is 0.157. The number of benzene rings is 2. The summed E-state index contributed by atoms with van der Waals surface area (Å²) >= 11 is 0. The third-order valence-corrected chi connectivity index (χ3v) is 4.03. The number of nitrogens with one attached hydrogen (secondary N) is 1. The number of carbonyl (C=O) groups excluding carboxylic acids is 3. The topological polar surface area (TPSA) is 99.6 Å². The quantitative estimate of drug-likeness (QED) is 0.392. The summed E-state index contributed by atoms with van der Waals surface area (Å²) in [6, 6.07) is 16.4. The normalized spacial score (nSPS) is 10.1. The monoisotopic (exact) mass is 375 g/mol. The van der Waals surface area contributed by atoms with Gasteiger partial charge in [-0.1, -0.05) is 24.3 Å². The van der Waals surface area contributed by atoms with Crippen LogP contribution in [-0.4, -0.2) is 28.2 Å². The lowest BCUT2D eigenvalue weighted by Gasteiger charge is -2.20. The Kier molecular flexibility index (Phi) is 5.76. The molecule has 3 rings (SSSR count). The van der Waals surface area contributed by atoms with E-state index >= 15 is 0 Å². The summed E-state index contributed by atoms with van der Waals surface area (Å²) in [7, 11) is 0. The van der Waals surface area contributed by atoms with Gasteiger partial charge < -0.3 is 15.3 Å². The van der Waals surface area contributed by atoms with Crippen LogP contribution < -0.4 is 10.2 Å². The number of phenols is 1. The third kappa shape index (κ3) is 4.39. The average molecular weight is 375 g/mol. The molecular formula is C21H17N3O4. The van der Waals surface area contributed by atoms with Crippen LogP contribution in [0.2, 0.25) is 0 Å². The van der Waals surface area contributed by atoms with E-state index in [-0.39, 0.29) is 24.5 Å². The maximum absolute atomic E-state index is 12.3. The van der Waals surface area contributed by atoms with Crippen molar-refractivity contribution < 1.29 is 19.5 Å². The zero-order valence-electron chi connectivity index (χ0n) is 14.8. The first kappa shape index (κ1) is 18.8. The minimum absolute atomic E-state index is 0.0213. The van der Waals surface area contributed by atoms with Gasteiger partial charge in [0.1, 0.15) is 5.75 Å². The van der Waals surface area contributed by atoms with Crippen molar-refractivity contribution >= 4 is 29.5 Å². The Bertz CT molecular complexity index is 988. The number of pyridine rings is 1. The van der Waals surface area contributed by atoms with Gasteiger partial charge in [-0.15, -0.1) is 0 Å². The number of para-hydroxylation sites is 2. The van der Waals surface area contributed by atoms with Crippen LogP contribution in [-0.2, 0) is 16.1 Å². The lowest BCUT2D eigenvalue weighted by Crippen LogP contribution is -2.31. The number of rotatable bonds is 6. The molecular weight excluding hydrogens is 358 g/mol. The van der Waals surface area contributed by atoms with Crippen molar-refractivity contribution in [3.05, 3.63) is 84.2 Å². The highest BCUT2D eigenvalue weighted by molar-refractivity contribution is 6.30. The molecule has 0 saturated carbocycles. The van der Waals surface area contributed by atoms with Crippen molar-refractivity contribution in [1.29, 1.82) is 0 Å². The number of phenolic OH excluding ortho intramolecular Hbond substituents is 1. The molecule has 1 aromatic heterocycles. The molecule has 0 fully saturated rings. The van der Waals surface area contributed by atoms with E-state index in [2.05, 4.69) is 10.3 Å². The van der Waals surface area contributed by atoms with E-state index in [4.69, 9.17) is 0 Å². The van der Waals surface area contributed by atoms with Gasteiger partial charge in [0.25, 0.3) is 11.8 Å². The van der Waals surface area contributed by atoms with Crippen LogP contribution in [0, 0.1) is 0 Å². The number of aldehydes is 1. The zero-order chi connectivity index (χ0) is 19.9. The molecule has 0 spiro atoms. The van der Waals surface area contributed by atoms with Gasteiger partial charge in [0, 0.05) is 11.8 Å².